The first-order valence-electron chi connectivity index (χ1n) is 6.27. The van der Waals surface area contributed by atoms with Gasteiger partial charge in [0.05, 0.1) is 0 Å². The average Bonchev–Trinajstić information content (AvgIpc) is 2.37. The van der Waals surface area contributed by atoms with Gasteiger partial charge in [-0.3, -0.25) is 4.79 Å². The maximum atomic E-state index is 12.0. The lowest BCUT2D eigenvalue weighted by atomic mass is 10.1. The van der Waals surface area contributed by atoms with Crippen molar-refractivity contribution in [2.45, 2.75) is 32.9 Å². The van der Waals surface area contributed by atoms with Gasteiger partial charge in [0.15, 0.2) is 11.5 Å². The highest BCUT2D eigenvalue weighted by molar-refractivity contribution is 5.82. The van der Waals surface area contributed by atoms with Crippen LogP contribution in [-0.4, -0.2) is 24.7 Å². The van der Waals surface area contributed by atoms with Crippen molar-refractivity contribution in [3.05, 3.63) is 24.3 Å². The van der Waals surface area contributed by atoms with Crippen LogP contribution in [-0.2, 0) is 4.79 Å². The van der Waals surface area contributed by atoms with Crippen LogP contribution in [0.3, 0.4) is 0 Å². The summed E-state index contributed by atoms with van der Waals surface area (Å²) < 4.78 is 11.2. The second kappa shape index (κ2) is 5.29. The number of amides is 1. The molecule has 0 aliphatic carbocycles. The third-order valence-electron chi connectivity index (χ3n) is 3.17. The Kier molecular flexibility index (Phi) is 3.75. The Bertz CT molecular complexity index is 431. The lowest BCUT2D eigenvalue weighted by Gasteiger charge is -2.27. The van der Waals surface area contributed by atoms with Gasteiger partial charge in [-0.2, -0.15) is 0 Å². The molecule has 1 N–H and O–H groups in total. The van der Waals surface area contributed by atoms with E-state index in [0.717, 1.165) is 0 Å². The minimum atomic E-state index is -0.568. The number of hydrogen-bond acceptors (Lipinski definition) is 3. The number of para-hydroxylation sites is 2. The second-order valence-corrected chi connectivity index (χ2v) is 4.91. The van der Waals surface area contributed by atoms with Crippen molar-refractivity contribution in [1.82, 2.24) is 5.32 Å². The van der Waals surface area contributed by atoms with E-state index in [1.54, 1.807) is 6.07 Å². The van der Waals surface area contributed by atoms with E-state index in [4.69, 9.17) is 9.47 Å². The van der Waals surface area contributed by atoms with Crippen molar-refractivity contribution in [3.8, 4) is 11.5 Å². The maximum absolute atomic E-state index is 12.0. The molecule has 0 bridgehead atoms. The average molecular weight is 249 g/mol. The summed E-state index contributed by atoms with van der Waals surface area (Å²) in [5.41, 5.74) is 0. The highest BCUT2D eigenvalue weighted by Crippen LogP contribution is 2.30. The molecule has 1 aromatic rings. The molecule has 4 heteroatoms. The second-order valence-electron chi connectivity index (χ2n) is 4.91. The molecular weight excluding hydrogens is 230 g/mol. The number of nitrogens with one attached hydrogen (secondary N) is 1. The minimum Gasteiger partial charge on any atom is -0.485 e. The Morgan fingerprint density at radius 3 is 2.61 bits per heavy atom. The molecule has 0 saturated carbocycles. The van der Waals surface area contributed by atoms with Gasteiger partial charge in [0.1, 0.15) is 6.61 Å². The molecule has 1 aromatic carbocycles. The van der Waals surface area contributed by atoms with Crippen LogP contribution in [0.25, 0.3) is 0 Å². The first-order valence-corrected chi connectivity index (χ1v) is 6.27. The summed E-state index contributed by atoms with van der Waals surface area (Å²) in [6.07, 6.45) is -0.568. The summed E-state index contributed by atoms with van der Waals surface area (Å²) in [7, 11) is 0. The van der Waals surface area contributed by atoms with Crippen LogP contribution in [0, 0.1) is 5.92 Å². The van der Waals surface area contributed by atoms with Gasteiger partial charge in [-0.15, -0.1) is 0 Å². The van der Waals surface area contributed by atoms with Crippen LogP contribution >= 0.6 is 0 Å². The minimum absolute atomic E-state index is 0.120. The highest BCUT2D eigenvalue weighted by Gasteiger charge is 2.28. The molecule has 0 fully saturated rings. The summed E-state index contributed by atoms with van der Waals surface area (Å²) in [5.74, 6) is 1.59. The summed E-state index contributed by atoms with van der Waals surface area (Å²) in [4.78, 5) is 12.0. The summed E-state index contributed by atoms with van der Waals surface area (Å²) in [5, 5.41) is 2.94. The van der Waals surface area contributed by atoms with E-state index < -0.39 is 6.10 Å². The van der Waals surface area contributed by atoms with E-state index in [0.29, 0.717) is 17.4 Å². The largest absolute Gasteiger partial charge is 0.485 e. The zero-order valence-corrected chi connectivity index (χ0v) is 11.0. The SMILES string of the molecule is CC(C)[C@H](C)NC(=O)[C@H]1COc2ccccc2O1. The van der Waals surface area contributed by atoms with Crippen molar-refractivity contribution in [2.75, 3.05) is 6.61 Å². The van der Waals surface area contributed by atoms with Crippen LogP contribution in [0.15, 0.2) is 24.3 Å². The van der Waals surface area contributed by atoms with Gasteiger partial charge in [-0.05, 0) is 25.0 Å². The fourth-order valence-corrected chi connectivity index (χ4v) is 1.63. The van der Waals surface area contributed by atoms with Crippen LogP contribution < -0.4 is 14.8 Å². The third-order valence-corrected chi connectivity index (χ3v) is 3.17. The molecule has 0 unspecified atom stereocenters. The van der Waals surface area contributed by atoms with Crippen LogP contribution in [0.2, 0.25) is 0 Å². The van der Waals surface area contributed by atoms with E-state index in [1.807, 2.05) is 25.1 Å². The number of rotatable bonds is 3. The molecule has 2 rings (SSSR count). The Hall–Kier alpha value is -1.71. The molecular formula is C14H19NO3. The van der Waals surface area contributed by atoms with Gasteiger partial charge in [0, 0.05) is 6.04 Å². The zero-order chi connectivity index (χ0) is 13.1. The molecule has 0 aromatic heterocycles. The fourth-order valence-electron chi connectivity index (χ4n) is 1.63. The van der Waals surface area contributed by atoms with E-state index in [-0.39, 0.29) is 18.6 Å². The molecule has 4 nitrogen and oxygen atoms in total. The number of carbonyl (C=O) groups excluding carboxylic acids is 1. The normalized spacial score (nSPS) is 19.4. The monoisotopic (exact) mass is 249 g/mol. The molecule has 1 amide bonds. The topological polar surface area (TPSA) is 47.6 Å². The molecule has 18 heavy (non-hydrogen) atoms. The van der Waals surface area contributed by atoms with E-state index in [1.165, 1.54) is 0 Å². The van der Waals surface area contributed by atoms with Gasteiger partial charge in [0.25, 0.3) is 5.91 Å². The predicted molar refractivity (Wildman–Crippen MR) is 68.8 cm³/mol. The van der Waals surface area contributed by atoms with Crippen molar-refractivity contribution in [2.24, 2.45) is 5.92 Å². The summed E-state index contributed by atoms with van der Waals surface area (Å²) in [6.45, 7) is 6.38. The van der Waals surface area contributed by atoms with Crippen LogP contribution in [0.5, 0.6) is 11.5 Å². The lowest BCUT2D eigenvalue weighted by Crippen LogP contribution is -2.48. The summed E-state index contributed by atoms with van der Waals surface area (Å²) in [6, 6.07) is 7.50. The number of carbonyl (C=O) groups is 1. The van der Waals surface area contributed by atoms with Crippen LogP contribution in [0.4, 0.5) is 0 Å². The maximum Gasteiger partial charge on any atom is 0.264 e. The standard InChI is InChI=1S/C14H19NO3/c1-9(2)10(3)15-14(16)13-8-17-11-6-4-5-7-12(11)18-13/h4-7,9-10,13H,8H2,1-3H3,(H,15,16)/t10-,13+/m0/s1. The molecule has 1 aliphatic rings. The smallest absolute Gasteiger partial charge is 0.264 e. The molecule has 1 heterocycles. The van der Waals surface area contributed by atoms with Crippen LogP contribution in [0.1, 0.15) is 20.8 Å². The number of hydrogen-bond donors (Lipinski definition) is 1. The van der Waals surface area contributed by atoms with E-state index >= 15 is 0 Å². The van der Waals surface area contributed by atoms with Gasteiger partial charge in [-0.1, -0.05) is 26.0 Å². The molecule has 2 atom stereocenters. The van der Waals surface area contributed by atoms with Crippen molar-refractivity contribution in [3.63, 3.8) is 0 Å². The van der Waals surface area contributed by atoms with Gasteiger partial charge in [0.2, 0.25) is 6.10 Å². The Morgan fingerprint density at radius 1 is 1.28 bits per heavy atom. The Balaban J connectivity index is 1.98. The Labute approximate surface area is 107 Å². The van der Waals surface area contributed by atoms with Crippen molar-refractivity contribution >= 4 is 5.91 Å². The molecule has 0 radical (unpaired) electrons. The molecule has 1 aliphatic heterocycles. The van der Waals surface area contributed by atoms with Gasteiger partial charge < -0.3 is 14.8 Å². The lowest BCUT2D eigenvalue weighted by molar-refractivity contribution is -0.131. The predicted octanol–water partition coefficient (Wildman–Crippen LogP) is 1.99. The molecule has 98 valence electrons. The number of fused-ring (bicyclic) bond motifs is 1. The fraction of sp³-hybridized carbons (Fsp3) is 0.500. The zero-order valence-electron chi connectivity index (χ0n) is 11.0. The first kappa shape index (κ1) is 12.7. The van der Waals surface area contributed by atoms with E-state index in [9.17, 15) is 4.79 Å². The van der Waals surface area contributed by atoms with Crippen molar-refractivity contribution in [1.29, 1.82) is 0 Å². The van der Waals surface area contributed by atoms with Gasteiger partial charge >= 0.3 is 0 Å². The first-order chi connectivity index (χ1) is 8.58. The van der Waals surface area contributed by atoms with Gasteiger partial charge in [-0.25, -0.2) is 0 Å². The van der Waals surface area contributed by atoms with Crippen molar-refractivity contribution < 1.29 is 14.3 Å². The van der Waals surface area contributed by atoms with E-state index in [2.05, 4.69) is 19.2 Å². The third kappa shape index (κ3) is 2.75. The highest BCUT2D eigenvalue weighted by atomic mass is 16.6. The number of ether oxygens (including phenoxy) is 2. The molecule has 0 spiro atoms. The number of benzene rings is 1. The molecule has 0 saturated heterocycles. The quantitative estimate of drug-likeness (QED) is 0.891. The Morgan fingerprint density at radius 2 is 1.94 bits per heavy atom. The summed E-state index contributed by atoms with van der Waals surface area (Å²) >= 11 is 0.